The molecular formula is C10H18O5. The number of unbranched alkanes of at least 4 members (excludes halogenated alkanes) is 2. The van der Waals surface area contributed by atoms with E-state index in [9.17, 15) is 14.7 Å². The largest absolute Gasteiger partial charge is 0.481 e. The molecule has 0 aliphatic rings. The Hall–Kier alpha value is -1.10. The summed E-state index contributed by atoms with van der Waals surface area (Å²) in [5, 5.41) is 26.0. The fourth-order valence-corrected chi connectivity index (χ4v) is 1.27. The van der Waals surface area contributed by atoms with Gasteiger partial charge in [-0.05, 0) is 19.3 Å². The maximum absolute atomic E-state index is 10.2. The topological polar surface area (TPSA) is 94.8 Å². The van der Waals surface area contributed by atoms with E-state index in [0.29, 0.717) is 12.8 Å². The van der Waals surface area contributed by atoms with Gasteiger partial charge >= 0.3 is 11.9 Å². The van der Waals surface area contributed by atoms with Crippen molar-refractivity contribution >= 4 is 11.9 Å². The van der Waals surface area contributed by atoms with Gasteiger partial charge in [-0.1, -0.05) is 12.8 Å². The summed E-state index contributed by atoms with van der Waals surface area (Å²) in [7, 11) is 0. The quantitative estimate of drug-likeness (QED) is 0.506. The molecule has 1 atom stereocenters. The second-order valence-corrected chi connectivity index (χ2v) is 3.58. The first-order valence-electron chi connectivity index (χ1n) is 5.14. The van der Waals surface area contributed by atoms with Gasteiger partial charge < -0.3 is 15.3 Å². The van der Waals surface area contributed by atoms with Crippen molar-refractivity contribution in [3.05, 3.63) is 0 Å². The van der Waals surface area contributed by atoms with E-state index in [1.807, 2.05) is 0 Å². The Morgan fingerprint density at radius 3 is 2.00 bits per heavy atom. The highest BCUT2D eigenvalue weighted by molar-refractivity contribution is 5.66. The summed E-state index contributed by atoms with van der Waals surface area (Å²) < 4.78 is 0. The van der Waals surface area contributed by atoms with Crippen LogP contribution in [-0.2, 0) is 9.59 Å². The molecule has 0 spiro atoms. The van der Waals surface area contributed by atoms with Crippen LogP contribution >= 0.6 is 0 Å². The first-order valence-corrected chi connectivity index (χ1v) is 5.14. The van der Waals surface area contributed by atoms with Gasteiger partial charge in [-0.3, -0.25) is 9.59 Å². The fraction of sp³-hybridized carbons (Fsp3) is 0.800. The molecule has 0 aliphatic carbocycles. The molecule has 0 unspecified atom stereocenters. The SMILES string of the molecule is O=C(O)CCCCC[C@@H](O)CCC(=O)O. The monoisotopic (exact) mass is 218 g/mol. The maximum atomic E-state index is 10.2. The molecule has 0 saturated heterocycles. The number of aliphatic hydroxyl groups is 1. The second kappa shape index (κ2) is 8.23. The first-order chi connectivity index (χ1) is 7.02. The lowest BCUT2D eigenvalue weighted by atomic mass is 10.1. The van der Waals surface area contributed by atoms with Crippen LogP contribution in [0.15, 0.2) is 0 Å². The third-order valence-electron chi connectivity index (χ3n) is 2.12. The Balaban J connectivity index is 3.27. The number of carbonyl (C=O) groups is 2. The molecule has 0 amide bonds. The van der Waals surface area contributed by atoms with Crippen molar-refractivity contribution in [2.75, 3.05) is 0 Å². The Bertz CT molecular complexity index is 202. The van der Waals surface area contributed by atoms with Gasteiger partial charge in [0, 0.05) is 12.8 Å². The first kappa shape index (κ1) is 13.9. The molecule has 5 nitrogen and oxygen atoms in total. The predicted octanol–water partition coefficient (Wildman–Crippen LogP) is 1.25. The normalized spacial score (nSPS) is 12.3. The molecule has 0 aliphatic heterocycles. The number of carboxylic acid groups (broad SMARTS) is 2. The number of aliphatic carboxylic acids is 2. The van der Waals surface area contributed by atoms with E-state index in [4.69, 9.17) is 10.2 Å². The Morgan fingerprint density at radius 2 is 1.47 bits per heavy atom. The molecule has 0 fully saturated rings. The van der Waals surface area contributed by atoms with E-state index in [1.54, 1.807) is 0 Å². The zero-order valence-electron chi connectivity index (χ0n) is 8.69. The average molecular weight is 218 g/mol. The standard InChI is InChI=1S/C10H18O5/c11-8(6-7-10(14)15)4-2-1-3-5-9(12)13/h8,11H,1-7H2,(H,12,13)(H,14,15)/t8-/m1/s1. The van der Waals surface area contributed by atoms with Crippen LogP contribution in [0.1, 0.15) is 44.9 Å². The Morgan fingerprint density at radius 1 is 0.867 bits per heavy atom. The molecule has 0 aromatic rings. The molecule has 0 rings (SSSR count). The molecule has 3 N–H and O–H groups in total. The van der Waals surface area contributed by atoms with Crippen LogP contribution in [0, 0.1) is 0 Å². The minimum atomic E-state index is -0.903. The van der Waals surface area contributed by atoms with Crippen LogP contribution in [-0.4, -0.2) is 33.4 Å². The summed E-state index contributed by atoms with van der Waals surface area (Å²) in [5.74, 6) is -1.71. The second-order valence-electron chi connectivity index (χ2n) is 3.58. The minimum Gasteiger partial charge on any atom is -0.481 e. The van der Waals surface area contributed by atoms with Gasteiger partial charge in [0.05, 0.1) is 6.10 Å². The van der Waals surface area contributed by atoms with E-state index < -0.39 is 18.0 Å². The number of aliphatic hydroxyl groups excluding tert-OH is 1. The summed E-state index contributed by atoms with van der Waals surface area (Å²) in [5.41, 5.74) is 0. The Labute approximate surface area is 88.7 Å². The summed E-state index contributed by atoms with van der Waals surface area (Å²) in [6.45, 7) is 0. The lowest BCUT2D eigenvalue weighted by molar-refractivity contribution is -0.138. The molecule has 5 heteroatoms. The molecule has 0 aromatic carbocycles. The van der Waals surface area contributed by atoms with Crippen molar-refractivity contribution in [1.82, 2.24) is 0 Å². The van der Waals surface area contributed by atoms with Crippen molar-refractivity contribution in [3.8, 4) is 0 Å². The highest BCUT2D eigenvalue weighted by atomic mass is 16.4. The summed E-state index contributed by atoms with van der Waals surface area (Å²) >= 11 is 0. The number of hydrogen-bond acceptors (Lipinski definition) is 3. The van der Waals surface area contributed by atoms with Gasteiger partial charge in [-0.15, -0.1) is 0 Å². The van der Waals surface area contributed by atoms with Crippen LogP contribution in [0.5, 0.6) is 0 Å². The molecular weight excluding hydrogens is 200 g/mol. The molecule has 88 valence electrons. The molecule has 0 saturated carbocycles. The van der Waals surface area contributed by atoms with Crippen molar-refractivity contribution in [3.63, 3.8) is 0 Å². The van der Waals surface area contributed by atoms with Crippen LogP contribution in [0.4, 0.5) is 0 Å². The van der Waals surface area contributed by atoms with Crippen LogP contribution in [0.3, 0.4) is 0 Å². The maximum Gasteiger partial charge on any atom is 0.303 e. The number of rotatable bonds is 9. The molecule has 0 bridgehead atoms. The smallest absolute Gasteiger partial charge is 0.303 e. The average Bonchev–Trinajstić information content (AvgIpc) is 2.13. The lowest BCUT2D eigenvalue weighted by Crippen LogP contribution is -2.09. The molecule has 15 heavy (non-hydrogen) atoms. The van der Waals surface area contributed by atoms with E-state index in [-0.39, 0.29) is 19.3 Å². The van der Waals surface area contributed by atoms with E-state index in [2.05, 4.69) is 0 Å². The molecule has 0 aromatic heterocycles. The zero-order chi connectivity index (χ0) is 11.7. The van der Waals surface area contributed by atoms with Gasteiger partial charge in [0.1, 0.15) is 0 Å². The van der Waals surface area contributed by atoms with E-state index in [0.717, 1.165) is 12.8 Å². The fourth-order valence-electron chi connectivity index (χ4n) is 1.27. The van der Waals surface area contributed by atoms with E-state index in [1.165, 1.54) is 0 Å². The molecule has 0 radical (unpaired) electrons. The highest BCUT2D eigenvalue weighted by Crippen LogP contribution is 2.09. The highest BCUT2D eigenvalue weighted by Gasteiger charge is 2.06. The number of carboxylic acids is 2. The van der Waals surface area contributed by atoms with Gasteiger partial charge in [0.2, 0.25) is 0 Å². The Kier molecular flexibility index (Phi) is 7.62. The zero-order valence-corrected chi connectivity index (χ0v) is 8.69. The van der Waals surface area contributed by atoms with Gasteiger partial charge in [-0.2, -0.15) is 0 Å². The predicted molar refractivity (Wildman–Crippen MR) is 53.6 cm³/mol. The third kappa shape index (κ3) is 10.8. The van der Waals surface area contributed by atoms with Gasteiger partial charge in [0.15, 0.2) is 0 Å². The number of hydrogen-bond donors (Lipinski definition) is 3. The van der Waals surface area contributed by atoms with Crippen molar-refractivity contribution < 1.29 is 24.9 Å². The van der Waals surface area contributed by atoms with Crippen molar-refractivity contribution in [2.24, 2.45) is 0 Å². The third-order valence-corrected chi connectivity index (χ3v) is 2.12. The summed E-state index contributed by atoms with van der Waals surface area (Å²) in [6.07, 6.45) is 2.50. The van der Waals surface area contributed by atoms with Crippen molar-refractivity contribution in [2.45, 2.75) is 51.0 Å². The summed E-state index contributed by atoms with van der Waals surface area (Å²) in [6, 6.07) is 0. The van der Waals surface area contributed by atoms with Gasteiger partial charge in [-0.25, -0.2) is 0 Å². The van der Waals surface area contributed by atoms with Crippen molar-refractivity contribution in [1.29, 1.82) is 0 Å². The molecule has 0 heterocycles. The van der Waals surface area contributed by atoms with Crippen LogP contribution < -0.4 is 0 Å². The van der Waals surface area contributed by atoms with Crippen LogP contribution in [0.2, 0.25) is 0 Å². The summed E-state index contributed by atoms with van der Waals surface area (Å²) in [4.78, 5) is 20.3. The van der Waals surface area contributed by atoms with E-state index >= 15 is 0 Å². The lowest BCUT2D eigenvalue weighted by Gasteiger charge is -2.07. The van der Waals surface area contributed by atoms with Crippen LogP contribution in [0.25, 0.3) is 0 Å². The minimum absolute atomic E-state index is 0.0176. The van der Waals surface area contributed by atoms with Gasteiger partial charge in [0.25, 0.3) is 0 Å².